The van der Waals surface area contributed by atoms with Crippen molar-refractivity contribution in [2.24, 2.45) is 5.73 Å². The minimum absolute atomic E-state index is 0.473. The molecule has 1 aromatic carbocycles. The van der Waals surface area contributed by atoms with Gasteiger partial charge in [-0.15, -0.1) is 0 Å². The van der Waals surface area contributed by atoms with Crippen LogP contribution in [0.1, 0.15) is 11.4 Å². The van der Waals surface area contributed by atoms with Crippen LogP contribution < -0.4 is 5.73 Å². The molecule has 0 aliphatic carbocycles. The Hall–Kier alpha value is -1.13. The molecule has 0 saturated carbocycles. The minimum Gasteiger partial charge on any atom is -0.329 e. The van der Waals surface area contributed by atoms with Crippen LogP contribution in [-0.4, -0.2) is 9.55 Å². The standard InChI is InChI=1S/C11H12BrN3/c12-10-3-1-2-9(6-10)8-15-5-4-14-11(15)7-13/h1-6H,7-8,13H2. The summed E-state index contributed by atoms with van der Waals surface area (Å²) in [5.74, 6) is 0.912. The van der Waals surface area contributed by atoms with E-state index < -0.39 is 0 Å². The van der Waals surface area contributed by atoms with E-state index in [-0.39, 0.29) is 0 Å². The van der Waals surface area contributed by atoms with Crippen LogP contribution in [0.4, 0.5) is 0 Å². The van der Waals surface area contributed by atoms with Gasteiger partial charge in [0.1, 0.15) is 5.82 Å². The average Bonchev–Trinajstić information content (AvgIpc) is 2.65. The van der Waals surface area contributed by atoms with E-state index >= 15 is 0 Å². The van der Waals surface area contributed by atoms with Gasteiger partial charge in [0, 0.05) is 23.4 Å². The SMILES string of the molecule is NCc1nccn1Cc1cccc(Br)c1. The quantitative estimate of drug-likeness (QED) is 0.925. The number of aromatic nitrogens is 2. The first-order valence-corrected chi connectivity index (χ1v) is 5.53. The fourth-order valence-corrected chi connectivity index (χ4v) is 1.95. The summed E-state index contributed by atoms with van der Waals surface area (Å²) >= 11 is 3.45. The van der Waals surface area contributed by atoms with Crippen molar-refractivity contribution >= 4 is 15.9 Å². The predicted octanol–water partition coefficient (Wildman–Crippen LogP) is 2.15. The molecule has 1 heterocycles. The Bertz CT molecular complexity index is 451. The molecule has 1 aromatic heterocycles. The molecule has 15 heavy (non-hydrogen) atoms. The summed E-state index contributed by atoms with van der Waals surface area (Å²) in [6, 6.07) is 8.23. The lowest BCUT2D eigenvalue weighted by atomic mass is 10.2. The third-order valence-electron chi connectivity index (χ3n) is 2.23. The highest BCUT2D eigenvalue weighted by molar-refractivity contribution is 9.10. The van der Waals surface area contributed by atoms with Crippen molar-refractivity contribution in [3.63, 3.8) is 0 Å². The van der Waals surface area contributed by atoms with Crippen molar-refractivity contribution in [1.29, 1.82) is 0 Å². The van der Waals surface area contributed by atoms with Gasteiger partial charge in [-0.25, -0.2) is 4.98 Å². The maximum absolute atomic E-state index is 5.59. The van der Waals surface area contributed by atoms with E-state index in [4.69, 9.17) is 5.73 Å². The molecule has 2 N–H and O–H groups in total. The summed E-state index contributed by atoms with van der Waals surface area (Å²) < 4.78 is 3.15. The first-order valence-electron chi connectivity index (χ1n) is 4.74. The third-order valence-corrected chi connectivity index (χ3v) is 2.72. The Morgan fingerprint density at radius 1 is 1.40 bits per heavy atom. The van der Waals surface area contributed by atoms with Crippen LogP contribution in [0.5, 0.6) is 0 Å². The molecule has 0 amide bonds. The second-order valence-corrected chi connectivity index (χ2v) is 4.22. The fourth-order valence-electron chi connectivity index (χ4n) is 1.51. The summed E-state index contributed by atoms with van der Waals surface area (Å²) in [7, 11) is 0. The molecular weight excluding hydrogens is 254 g/mol. The Morgan fingerprint density at radius 2 is 2.27 bits per heavy atom. The molecule has 0 atom stereocenters. The van der Waals surface area contributed by atoms with E-state index in [0.717, 1.165) is 16.8 Å². The Morgan fingerprint density at radius 3 is 3.00 bits per heavy atom. The maximum Gasteiger partial charge on any atom is 0.122 e. The van der Waals surface area contributed by atoms with E-state index in [2.05, 4.69) is 37.6 Å². The van der Waals surface area contributed by atoms with E-state index in [9.17, 15) is 0 Å². The zero-order valence-electron chi connectivity index (χ0n) is 8.23. The van der Waals surface area contributed by atoms with E-state index in [1.165, 1.54) is 5.56 Å². The molecule has 0 bridgehead atoms. The molecule has 0 aliphatic rings. The van der Waals surface area contributed by atoms with Crippen LogP contribution in [0.15, 0.2) is 41.1 Å². The minimum atomic E-state index is 0.473. The monoisotopic (exact) mass is 265 g/mol. The molecule has 3 nitrogen and oxygen atoms in total. The number of nitrogens with zero attached hydrogens (tertiary/aromatic N) is 2. The second-order valence-electron chi connectivity index (χ2n) is 3.31. The number of imidazole rings is 1. The number of hydrogen-bond acceptors (Lipinski definition) is 2. The van der Waals surface area contributed by atoms with Gasteiger partial charge in [0.25, 0.3) is 0 Å². The fraction of sp³-hybridized carbons (Fsp3) is 0.182. The Kier molecular flexibility index (Phi) is 3.18. The lowest BCUT2D eigenvalue weighted by Crippen LogP contribution is -2.08. The molecule has 78 valence electrons. The largest absolute Gasteiger partial charge is 0.329 e. The van der Waals surface area contributed by atoms with Crippen molar-refractivity contribution in [2.45, 2.75) is 13.1 Å². The van der Waals surface area contributed by atoms with Gasteiger partial charge in [0.05, 0.1) is 6.54 Å². The van der Waals surface area contributed by atoms with Crippen molar-refractivity contribution < 1.29 is 0 Å². The lowest BCUT2D eigenvalue weighted by Gasteiger charge is -2.06. The van der Waals surface area contributed by atoms with Crippen molar-refractivity contribution in [3.05, 3.63) is 52.5 Å². The number of rotatable bonds is 3. The summed E-state index contributed by atoms with van der Waals surface area (Å²) in [4.78, 5) is 4.18. The number of nitrogens with two attached hydrogens (primary N) is 1. The molecule has 2 aromatic rings. The van der Waals surface area contributed by atoms with Gasteiger partial charge in [0.15, 0.2) is 0 Å². The normalized spacial score (nSPS) is 10.5. The van der Waals surface area contributed by atoms with Gasteiger partial charge < -0.3 is 10.3 Å². The van der Waals surface area contributed by atoms with Gasteiger partial charge in [0.2, 0.25) is 0 Å². The van der Waals surface area contributed by atoms with Crippen LogP contribution in [-0.2, 0) is 13.1 Å². The number of benzene rings is 1. The number of halogens is 1. The lowest BCUT2D eigenvalue weighted by molar-refractivity contribution is 0.724. The van der Waals surface area contributed by atoms with Crippen molar-refractivity contribution in [1.82, 2.24) is 9.55 Å². The molecular formula is C11H12BrN3. The maximum atomic E-state index is 5.59. The highest BCUT2D eigenvalue weighted by Crippen LogP contribution is 2.13. The average molecular weight is 266 g/mol. The topological polar surface area (TPSA) is 43.8 Å². The van der Waals surface area contributed by atoms with Crippen LogP contribution in [0.2, 0.25) is 0 Å². The molecule has 0 fully saturated rings. The highest BCUT2D eigenvalue weighted by atomic mass is 79.9. The van der Waals surface area contributed by atoms with Gasteiger partial charge in [-0.1, -0.05) is 28.1 Å². The summed E-state index contributed by atoms with van der Waals surface area (Å²) in [5.41, 5.74) is 6.82. The van der Waals surface area contributed by atoms with Gasteiger partial charge >= 0.3 is 0 Å². The van der Waals surface area contributed by atoms with E-state index in [1.807, 2.05) is 18.3 Å². The molecule has 0 spiro atoms. The van der Waals surface area contributed by atoms with Gasteiger partial charge in [-0.2, -0.15) is 0 Å². The van der Waals surface area contributed by atoms with Crippen LogP contribution >= 0.6 is 15.9 Å². The molecule has 4 heteroatoms. The smallest absolute Gasteiger partial charge is 0.122 e. The molecule has 0 aliphatic heterocycles. The van der Waals surface area contributed by atoms with Crippen LogP contribution in [0, 0.1) is 0 Å². The van der Waals surface area contributed by atoms with Crippen molar-refractivity contribution in [3.8, 4) is 0 Å². The summed E-state index contributed by atoms with van der Waals surface area (Å²) in [5, 5.41) is 0. The van der Waals surface area contributed by atoms with Crippen LogP contribution in [0.25, 0.3) is 0 Å². The second kappa shape index (κ2) is 4.59. The first-order chi connectivity index (χ1) is 7.29. The van der Waals surface area contributed by atoms with Gasteiger partial charge in [-0.3, -0.25) is 0 Å². The molecule has 0 radical (unpaired) electrons. The Balaban J connectivity index is 2.22. The summed E-state index contributed by atoms with van der Waals surface area (Å²) in [6.45, 7) is 1.28. The Labute approximate surface area is 97.1 Å². The molecule has 0 unspecified atom stereocenters. The van der Waals surface area contributed by atoms with Gasteiger partial charge in [-0.05, 0) is 17.7 Å². The van der Waals surface area contributed by atoms with E-state index in [1.54, 1.807) is 6.20 Å². The summed E-state index contributed by atoms with van der Waals surface area (Å²) in [6.07, 6.45) is 3.73. The zero-order valence-corrected chi connectivity index (χ0v) is 9.81. The van der Waals surface area contributed by atoms with E-state index in [0.29, 0.717) is 6.54 Å². The third kappa shape index (κ3) is 2.46. The molecule has 2 rings (SSSR count). The zero-order chi connectivity index (χ0) is 10.7. The molecule has 0 saturated heterocycles. The predicted molar refractivity (Wildman–Crippen MR) is 63.4 cm³/mol. The highest BCUT2D eigenvalue weighted by Gasteiger charge is 2.01. The number of hydrogen-bond donors (Lipinski definition) is 1. The van der Waals surface area contributed by atoms with Crippen molar-refractivity contribution in [2.75, 3.05) is 0 Å². The first kappa shape index (κ1) is 10.4. The van der Waals surface area contributed by atoms with Crippen LogP contribution in [0.3, 0.4) is 0 Å².